The second-order valence-electron chi connectivity index (χ2n) is 5.77. The van der Waals surface area contributed by atoms with E-state index in [4.69, 9.17) is 5.73 Å². The highest BCUT2D eigenvalue weighted by molar-refractivity contribution is 7.13. The van der Waals surface area contributed by atoms with Crippen molar-refractivity contribution in [2.45, 2.75) is 19.3 Å². The zero-order valence-electron chi connectivity index (χ0n) is 13.7. The van der Waals surface area contributed by atoms with Crippen molar-refractivity contribution < 1.29 is 4.79 Å². The second kappa shape index (κ2) is 8.64. The molecule has 3 N–H and O–H groups in total. The van der Waals surface area contributed by atoms with Gasteiger partial charge in [-0.05, 0) is 45.6 Å². The fraction of sp³-hybridized carbons (Fsp3) is 0.412. The quantitative estimate of drug-likeness (QED) is 0.575. The molecule has 0 bridgehead atoms. The molecular formula is C17H24N4OS. The third-order valence-corrected chi connectivity index (χ3v) is 4.36. The van der Waals surface area contributed by atoms with E-state index in [0.29, 0.717) is 12.1 Å². The predicted molar refractivity (Wildman–Crippen MR) is 96.5 cm³/mol. The summed E-state index contributed by atoms with van der Waals surface area (Å²) in [7, 11) is 4.11. The molecule has 1 aromatic carbocycles. The zero-order chi connectivity index (χ0) is 16.7. The maximum absolute atomic E-state index is 11.9. The molecule has 2 rings (SSSR count). The first-order chi connectivity index (χ1) is 11.1. The van der Waals surface area contributed by atoms with Crippen molar-refractivity contribution in [2.24, 2.45) is 0 Å². The molecule has 23 heavy (non-hydrogen) atoms. The number of nitrogens with one attached hydrogen (secondary N) is 1. The molecule has 124 valence electrons. The first-order valence-corrected chi connectivity index (χ1v) is 8.65. The summed E-state index contributed by atoms with van der Waals surface area (Å²) in [4.78, 5) is 18.6. The molecule has 0 saturated carbocycles. The van der Waals surface area contributed by atoms with Crippen molar-refractivity contribution in [3.63, 3.8) is 0 Å². The highest BCUT2D eigenvalue weighted by Crippen LogP contribution is 2.28. The number of aromatic nitrogens is 1. The maximum atomic E-state index is 11.9. The fourth-order valence-electron chi connectivity index (χ4n) is 2.21. The molecule has 2 aromatic rings. The normalized spacial score (nSPS) is 10.9. The van der Waals surface area contributed by atoms with E-state index >= 15 is 0 Å². The molecule has 1 heterocycles. The largest absolute Gasteiger partial charge is 0.398 e. The molecule has 0 aliphatic rings. The lowest BCUT2D eigenvalue weighted by Crippen LogP contribution is -2.26. The third kappa shape index (κ3) is 5.65. The number of para-hydroxylation sites is 1. The van der Waals surface area contributed by atoms with E-state index in [1.54, 1.807) is 0 Å². The number of hydrogen-bond donors (Lipinski definition) is 2. The van der Waals surface area contributed by atoms with Crippen LogP contribution in [0.15, 0.2) is 29.6 Å². The lowest BCUT2D eigenvalue weighted by molar-refractivity contribution is -0.120. The average molecular weight is 332 g/mol. The minimum absolute atomic E-state index is 0.0211. The number of amides is 1. The van der Waals surface area contributed by atoms with Crippen molar-refractivity contribution in [3.8, 4) is 10.6 Å². The molecule has 0 fully saturated rings. The SMILES string of the molecule is CN(C)CCCCNC(=O)Cc1csc(-c2ccccc2N)n1. The lowest BCUT2D eigenvalue weighted by Gasteiger charge is -2.09. The molecule has 1 aromatic heterocycles. The van der Waals surface area contributed by atoms with Gasteiger partial charge in [-0.1, -0.05) is 12.1 Å². The molecule has 0 atom stereocenters. The Bertz CT molecular complexity index is 639. The number of benzene rings is 1. The van der Waals surface area contributed by atoms with Gasteiger partial charge in [0.05, 0.1) is 12.1 Å². The van der Waals surface area contributed by atoms with Crippen LogP contribution in [0, 0.1) is 0 Å². The molecule has 1 amide bonds. The summed E-state index contributed by atoms with van der Waals surface area (Å²) in [5.41, 5.74) is 8.38. The first-order valence-electron chi connectivity index (χ1n) is 7.77. The monoisotopic (exact) mass is 332 g/mol. The maximum Gasteiger partial charge on any atom is 0.226 e. The van der Waals surface area contributed by atoms with Gasteiger partial charge >= 0.3 is 0 Å². The summed E-state index contributed by atoms with van der Waals surface area (Å²) in [6.45, 7) is 1.76. The molecule has 0 radical (unpaired) electrons. The molecule has 5 nitrogen and oxygen atoms in total. The van der Waals surface area contributed by atoms with Crippen molar-refractivity contribution in [2.75, 3.05) is 32.9 Å². The van der Waals surface area contributed by atoms with Crippen LogP contribution in [0.1, 0.15) is 18.5 Å². The first kappa shape index (κ1) is 17.4. The van der Waals surface area contributed by atoms with Crippen LogP contribution >= 0.6 is 11.3 Å². The third-order valence-electron chi connectivity index (χ3n) is 3.44. The smallest absolute Gasteiger partial charge is 0.226 e. The van der Waals surface area contributed by atoms with Crippen LogP contribution < -0.4 is 11.1 Å². The highest BCUT2D eigenvalue weighted by Gasteiger charge is 2.10. The summed E-state index contributed by atoms with van der Waals surface area (Å²) in [5.74, 6) is 0.0211. The van der Waals surface area contributed by atoms with Gasteiger partial charge < -0.3 is 16.0 Å². The number of nitrogens with two attached hydrogens (primary N) is 1. The Morgan fingerprint density at radius 2 is 2.09 bits per heavy atom. The van der Waals surface area contributed by atoms with Gasteiger partial charge in [-0.3, -0.25) is 4.79 Å². The van der Waals surface area contributed by atoms with Crippen LogP contribution in [-0.4, -0.2) is 43.0 Å². The number of anilines is 1. The van der Waals surface area contributed by atoms with E-state index in [0.717, 1.165) is 42.2 Å². The van der Waals surface area contributed by atoms with Crippen LogP contribution in [0.3, 0.4) is 0 Å². The lowest BCUT2D eigenvalue weighted by atomic mass is 10.2. The highest BCUT2D eigenvalue weighted by atomic mass is 32.1. The van der Waals surface area contributed by atoms with Crippen LogP contribution in [-0.2, 0) is 11.2 Å². The summed E-state index contributed by atoms with van der Waals surface area (Å²) in [6.07, 6.45) is 2.39. The van der Waals surface area contributed by atoms with E-state index in [-0.39, 0.29) is 5.91 Å². The molecular weight excluding hydrogens is 308 g/mol. The number of nitrogens with zero attached hydrogens (tertiary/aromatic N) is 2. The van der Waals surface area contributed by atoms with Crippen molar-refractivity contribution in [1.82, 2.24) is 15.2 Å². The summed E-state index contributed by atoms with van der Waals surface area (Å²) >= 11 is 1.52. The second-order valence-corrected chi connectivity index (χ2v) is 6.63. The van der Waals surface area contributed by atoms with Crippen LogP contribution in [0.25, 0.3) is 10.6 Å². The van der Waals surface area contributed by atoms with Gasteiger partial charge in [0.2, 0.25) is 5.91 Å². The topological polar surface area (TPSA) is 71.2 Å². The van der Waals surface area contributed by atoms with Crippen LogP contribution in [0.5, 0.6) is 0 Å². The van der Waals surface area contributed by atoms with Gasteiger partial charge in [0.15, 0.2) is 0 Å². The van der Waals surface area contributed by atoms with E-state index < -0.39 is 0 Å². The Balaban J connectivity index is 1.80. The number of carbonyl (C=O) groups is 1. The van der Waals surface area contributed by atoms with E-state index in [1.165, 1.54) is 11.3 Å². The Kier molecular flexibility index (Phi) is 6.55. The standard InChI is InChI=1S/C17H24N4OS/c1-21(2)10-6-5-9-19-16(22)11-13-12-23-17(20-13)14-7-3-4-8-15(14)18/h3-4,7-8,12H,5-6,9-11,18H2,1-2H3,(H,19,22). The van der Waals surface area contributed by atoms with E-state index in [1.807, 2.05) is 29.6 Å². The van der Waals surface area contributed by atoms with Gasteiger partial charge in [0.25, 0.3) is 0 Å². The van der Waals surface area contributed by atoms with E-state index in [2.05, 4.69) is 29.3 Å². The van der Waals surface area contributed by atoms with E-state index in [9.17, 15) is 4.79 Å². The Morgan fingerprint density at radius 3 is 2.83 bits per heavy atom. The summed E-state index contributed by atoms with van der Waals surface area (Å²) < 4.78 is 0. The Morgan fingerprint density at radius 1 is 1.30 bits per heavy atom. The summed E-state index contributed by atoms with van der Waals surface area (Å²) in [5, 5.41) is 5.73. The molecule has 6 heteroatoms. The molecule has 0 saturated heterocycles. The van der Waals surface area contributed by atoms with Gasteiger partial charge in [-0.15, -0.1) is 11.3 Å². The van der Waals surface area contributed by atoms with Crippen molar-refractivity contribution >= 4 is 22.9 Å². The van der Waals surface area contributed by atoms with Crippen molar-refractivity contribution in [1.29, 1.82) is 0 Å². The number of thiazole rings is 1. The molecule has 0 spiro atoms. The van der Waals surface area contributed by atoms with Crippen molar-refractivity contribution in [3.05, 3.63) is 35.3 Å². The minimum atomic E-state index is 0.0211. The number of nitrogen functional groups attached to an aromatic ring is 1. The van der Waals surface area contributed by atoms with Crippen LogP contribution in [0.4, 0.5) is 5.69 Å². The number of rotatable bonds is 8. The summed E-state index contributed by atoms with van der Waals surface area (Å²) in [6, 6.07) is 7.64. The van der Waals surface area contributed by atoms with Gasteiger partial charge in [0.1, 0.15) is 5.01 Å². The predicted octanol–water partition coefficient (Wildman–Crippen LogP) is 2.39. The fourth-order valence-corrected chi connectivity index (χ4v) is 3.08. The number of hydrogen-bond acceptors (Lipinski definition) is 5. The Hall–Kier alpha value is -1.92. The van der Waals surface area contributed by atoms with Gasteiger partial charge in [0, 0.05) is 23.2 Å². The molecule has 0 aliphatic carbocycles. The molecule has 0 unspecified atom stereocenters. The number of unbranched alkanes of at least 4 members (excludes halogenated alkanes) is 1. The molecule has 0 aliphatic heterocycles. The minimum Gasteiger partial charge on any atom is -0.398 e. The van der Waals surface area contributed by atoms with Crippen LogP contribution in [0.2, 0.25) is 0 Å². The Labute approximate surface area is 141 Å². The zero-order valence-corrected chi connectivity index (χ0v) is 14.5. The number of carbonyl (C=O) groups excluding carboxylic acids is 1. The van der Waals surface area contributed by atoms with Gasteiger partial charge in [-0.2, -0.15) is 0 Å². The van der Waals surface area contributed by atoms with Gasteiger partial charge in [-0.25, -0.2) is 4.98 Å². The average Bonchev–Trinajstić information content (AvgIpc) is 2.95.